The number of hydrogen-bond donors (Lipinski definition) is 1. The molecule has 0 saturated heterocycles. The molecule has 98 valence electrons. The zero-order valence-corrected chi connectivity index (χ0v) is 10.8. The van der Waals surface area contributed by atoms with Gasteiger partial charge in [-0.2, -0.15) is 13.2 Å². The third kappa shape index (κ3) is 4.63. The Hall–Kier alpha value is -0.620. The fourth-order valence-corrected chi connectivity index (χ4v) is 2.28. The highest BCUT2D eigenvalue weighted by atomic mass is 32.1. The fraction of sp³-hybridized carbons (Fsp3) is 0.727. The number of thiazole rings is 1. The van der Waals surface area contributed by atoms with E-state index in [1.807, 2.05) is 6.92 Å². The molecule has 0 fully saturated rings. The van der Waals surface area contributed by atoms with Crippen LogP contribution in [0.2, 0.25) is 0 Å². The third-order valence-corrected chi connectivity index (χ3v) is 3.71. The van der Waals surface area contributed by atoms with Crippen LogP contribution in [0.3, 0.4) is 0 Å². The molecule has 1 rings (SSSR count). The summed E-state index contributed by atoms with van der Waals surface area (Å²) < 4.78 is 37.1. The van der Waals surface area contributed by atoms with Gasteiger partial charge in [-0.15, -0.1) is 11.3 Å². The second-order valence-corrected chi connectivity index (χ2v) is 5.07. The molecule has 0 amide bonds. The highest BCUT2D eigenvalue weighted by Crippen LogP contribution is 2.35. The molecule has 17 heavy (non-hydrogen) atoms. The Balaban J connectivity index is 2.47. The van der Waals surface area contributed by atoms with Gasteiger partial charge in [0.05, 0.1) is 0 Å². The zero-order valence-electron chi connectivity index (χ0n) is 9.97. The molecule has 0 radical (unpaired) electrons. The number of hydrogen-bond acceptors (Lipinski definition) is 3. The van der Waals surface area contributed by atoms with Crippen LogP contribution in [0.1, 0.15) is 42.5 Å². The first-order chi connectivity index (χ1) is 7.95. The van der Waals surface area contributed by atoms with Crippen molar-refractivity contribution in [1.29, 1.82) is 0 Å². The van der Waals surface area contributed by atoms with Crippen LogP contribution in [-0.2, 0) is 6.18 Å². The predicted octanol–water partition coefficient (Wildman–Crippen LogP) is 3.66. The number of halogens is 3. The highest BCUT2D eigenvalue weighted by Gasteiger charge is 2.34. The topological polar surface area (TPSA) is 24.9 Å². The van der Waals surface area contributed by atoms with Gasteiger partial charge in [0.1, 0.15) is 0 Å². The quantitative estimate of drug-likeness (QED) is 0.795. The summed E-state index contributed by atoms with van der Waals surface area (Å²) in [5, 5.41) is 2.49. The van der Waals surface area contributed by atoms with Crippen LogP contribution in [0.5, 0.6) is 0 Å². The Bertz CT molecular complexity index is 336. The highest BCUT2D eigenvalue weighted by molar-refractivity contribution is 7.11. The number of alkyl halides is 3. The average Bonchev–Trinajstić information content (AvgIpc) is 2.72. The Labute approximate surface area is 103 Å². The van der Waals surface area contributed by atoms with E-state index in [-0.39, 0.29) is 5.92 Å². The molecule has 1 atom stereocenters. The summed E-state index contributed by atoms with van der Waals surface area (Å²) in [6.45, 7) is 5.79. The molecule has 1 N–H and O–H groups in total. The van der Waals surface area contributed by atoms with Crippen molar-refractivity contribution in [1.82, 2.24) is 10.3 Å². The summed E-state index contributed by atoms with van der Waals surface area (Å²) in [6.07, 6.45) is -1.08. The van der Waals surface area contributed by atoms with E-state index in [1.165, 1.54) is 6.20 Å². The molecule has 1 aromatic rings. The molecular formula is C11H17F3N2S. The number of nitrogens with zero attached hydrogens (tertiary/aromatic N) is 1. The SMILES string of the molecule is CCCNCCC(C)c1cnc(C(F)(F)F)s1. The minimum atomic E-state index is -4.32. The first-order valence-electron chi connectivity index (χ1n) is 5.68. The van der Waals surface area contributed by atoms with Crippen molar-refractivity contribution in [3.05, 3.63) is 16.1 Å². The first kappa shape index (κ1) is 14.4. The summed E-state index contributed by atoms with van der Waals surface area (Å²) >= 11 is 0.748. The standard InChI is InChI=1S/C11H17F3N2S/c1-3-5-15-6-4-8(2)9-7-16-10(17-9)11(12,13)14/h7-8,15H,3-6H2,1-2H3. The van der Waals surface area contributed by atoms with E-state index >= 15 is 0 Å². The van der Waals surface area contributed by atoms with E-state index in [0.29, 0.717) is 4.88 Å². The van der Waals surface area contributed by atoms with Crippen LogP contribution in [0, 0.1) is 0 Å². The second kappa shape index (κ2) is 6.35. The van der Waals surface area contributed by atoms with Crippen LogP contribution in [0.15, 0.2) is 6.20 Å². The lowest BCUT2D eigenvalue weighted by atomic mass is 10.1. The lowest BCUT2D eigenvalue weighted by molar-refractivity contribution is -0.137. The summed E-state index contributed by atoms with van der Waals surface area (Å²) in [5.74, 6) is 0.118. The van der Waals surface area contributed by atoms with Crippen molar-refractivity contribution in [2.24, 2.45) is 0 Å². The van der Waals surface area contributed by atoms with Crippen LogP contribution in [-0.4, -0.2) is 18.1 Å². The summed E-state index contributed by atoms with van der Waals surface area (Å²) in [6, 6.07) is 0. The van der Waals surface area contributed by atoms with E-state index in [9.17, 15) is 13.2 Å². The van der Waals surface area contributed by atoms with Gasteiger partial charge in [-0.1, -0.05) is 13.8 Å². The van der Waals surface area contributed by atoms with E-state index < -0.39 is 11.2 Å². The normalized spacial score (nSPS) is 13.9. The molecule has 0 spiro atoms. The molecule has 2 nitrogen and oxygen atoms in total. The van der Waals surface area contributed by atoms with Crippen LogP contribution in [0.4, 0.5) is 13.2 Å². The van der Waals surface area contributed by atoms with Crippen molar-refractivity contribution in [3.8, 4) is 0 Å². The van der Waals surface area contributed by atoms with Crippen molar-refractivity contribution in [2.75, 3.05) is 13.1 Å². The molecule has 1 unspecified atom stereocenters. The third-order valence-electron chi connectivity index (χ3n) is 2.43. The monoisotopic (exact) mass is 266 g/mol. The largest absolute Gasteiger partial charge is 0.443 e. The first-order valence-corrected chi connectivity index (χ1v) is 6.50. The van der Waals surface area contributed by atoms with Crippen LogP contribution in [0.25, 0.3) is 0 Å². The lowest BCUT2D eigenvalue weighted by Crippen LogP contribution is -2.17. The Morgan fingerprint density at radius 3 is 2.65 bits per heavy atom. The van der Waals surface area contributed by atoms with Crippen molar-refractivity contribution in [2.45, 2.75) is 38.8 Å². The van der Waals surface area contributed by atoms with Gasteiger partial charge >= 0.3 is 6.18 Å². The zero-order chi connectivity index (χ0) is 12.9. The molecule has 0 aliphatic heterocycles. The maximum atomic E-state index is 12.4. The summed E-state index contributed by atoms with van der Waals surface area (Å²) in [5.41, 5.74) is 0. The summed E-state index contributed by atoms with van der Waals surface area (Å²) in [7, 11) is 0. The van der Waals surface area contributed by atoms with Gasteiger partial charge in [0.15, 0.2) is 5.01 Å². The maximum Gasteiger partial charge on any atom is 0.443 e. The number of aromatic nitrogens is 1. The fourth-order valence-electron chi connectivity index (χ4n) is 1.41. The van der Waals surface area contributed by atoms with Crippen molar-refractivity contribution in [3.63, 3.8) is 0 Å². The van der Waals surface area contributed by atoms with Gasteiger partial charge in [-0.3, -0.25) is 0 Å². The maximum absolute atomic E-state index is 12.4. The van der Waals surface area contributed by atoms with Crippen molar-refractivity contribution >= 4 is 11.3 Å². The number of rotatable bonds is 6. The van der Waals surface area contributed by atoms with E-state index in [0.717, 1.165) is 37.3 Å². The molecule has 1 heterocycles. The molecule has 1 aromatic heterocycles. The lowest BCUT2D eigenvalue weighted by Gasteiger charge is -2.09. The molecule has 0 aliphatic carbocycles. The van der Waals surface area contributed by atoms with E-state index in [1.54, 1.807) is 0 Å². The Morgan fingerprint density at radius 2 is 2.12 bits per heavy atom. The van der Waals surface area contributed by atoms with Crippen LogP contribution < -0.4 is 5.32 Å². The van der Waals surface area contributed by atoms with Gasteiger partial charge in [-0.25, -0.2) is 4.98 Å². The van der Waals surface area contributed by atoms with Gasteiger partial charge in [0, 0.05) is 11.1 Å². The molecule has 0 saturated carbocycles. The average molecular weight is 266 g/mol. The molecule has 6 heteroatoms. The van der Waals surface area contributed by atoms with Crippen molar-refractivity contribution < 1.29 is 13.2 Å². The Morgan fingerprint density at radius 1 is 1.41 bits per heavy atom. The smallest absolute Gasteiger partial charge is 0.317 e. The Kier molecular flexibility index (Phi) is 5.39. The summed E-state index contributed by atoms with van der Waals surface area (Å²) in [4.78, 5) is 4.13. The van der Waals surface area contributed by atoms with Gasteiger partial charge in [-0.05, 0) is 31.8 Å². The predicted molar refractivity (Wildman–Crippen MR) is 63.3 cm³/mol. The van der Waals surface area contributed by atoms with Gasteiger partial charge in [0.25, 0.3) is 0 Å². The second-order valence-electron chi connectivity index (χ2n) is 4.01. The molecule has 0 aromatic carbocycles. The number of nitrogens with one attached hydrogen (secondary N) is 1. The van der Waals surface area contributed by atoms with E-state index in [2.05, 4.69) is 17.2 Å². The van der Waals surface area contributed by atoms with Gasteiger partial charge in [0.2, 0.25) is 0 Å². The van der Waals surface area contributed by atoms with Gasteiger partial charge < -0.3 is 5.32 Å². The molecule has 0 bridgehead atoms. The minimum Gasteiger partial charge on any atom is -0.317 e. The van der Waals surface area contributed by atoms with E-state index in [4.69, 9.17) is 0 Å². The minimum absolute atomic E-state index is 0.118. The molecule has 0 aliphatic rings. The molecular weight excluding hydrogens is 249 g/mol. The van der Waals surface area contributed by atoms with Crippen LogP contribution >= 0.6 is 11.3 Å².